The Hall–Kier alpha value is -3.12. The predicted molar refractivity (Wildman–Crippen MR) is 108 cm³/mol. The molecule has 0 atom stereocenters. The van der Waals surface area contributed by atoms with Crippen LogP contribution in [0.1, 0.15) is 11.1 Å². The number of dihydropyridines is 1. The van der Waals surface area contributed by atoms with Gasteiger partial charge in [0, 0.05) is 43.8 Å². The molecule has 1 aliphatic heterocycles. The number of carbonyl (C=O) groups is 1. The second-order valence-corrected chi connectivity index (χ2v) is 5.74. The van der Waals surface area contributed by atoms with E-state index in [1.165, 1.54) is 6.08 Å². The number of hydrogen-bond acceptors (Lipinski definition) is 6. The summed E-state index contributed by atoms with van der Waals surface area (Å²) in [5, 5.41) is 17.1. The molecule has 0 unspecified atom stereocenters. The van der Waals surface area contributed by atoms with Gasteiger partial charge in [0.1, 0.15) is 5.71 Å². The summed E-state index contributed by atoms with van der Waals surface area (Å²) in [7, 11) is 1.66. The van der Waals surface area contributed by atoms with Crippen LogP contribution < -0.4 is 21.7 Å². The fourth-order valence-electron chi connectivity index (χ4n) is 2.52. The number of ketones is 1. The number of allylic oxidation sites excluding steroid dienone is 4. The summed E-state index contributed by atoms with van der Waals surface area (Å²) in [6, 6.07) is 6.08. The van der Waals surface area contributed by atoms with Crippen LogP contribution in [0.15, 0.2) is 60.5 Å². The van der Waals surface area contributed by atoms with Crippen LogP contribution in [0.5, 0.6) is 0 Å². The van der Waals surface area contributed by atoms with Crippen molar-refractivity contribution in [3.05, 3.63) is 71.6 Å². The van der Waals surface area contributed by atoms with Crippen molar-refractivity contribution in [3.8, 4) is 0 Å². The van der Waals surface area contributed by atoms with Gasteiger partial charge in [0.05, 0.1) is 5.70 Å². The van der Waals surface area contributed by atoms with Gasteiger partial charge >= 0.3 is 0 Å². The number of nitrogens with one attached hydrogen (secondary N) is 4. The third-order valence-electron chi connectivity index (χ3n) is 3.93. The standard InChI is InChI=1S/C20H25N5O/c1-14-13-15(17-5-3-4-11-24-17)6-7-16(14)25-12-9-19(26)20(22)18(23-2)8-10-21/h3-9,12-13,22-25H,10-11,21H2,1-2H3/b12-9-,18-8-,22-20?. The molecule has 0 radical (unpaired) electrons. The highest BCUT2D eigenvalue weighted by atomic mass is 16.1. The number of hydrogen-bond donors (Lipinski definition) is 5. The zero-order valence-corrected chi connectivity index (χ0v) is 15.1. The predicted octanol–water partition coefficient (Wildman–Crippen LogP) is 2.07. The van der Waals surface area contributed by atoms with Gasteiger partial charge in [0.15, 0.2) is 0 Å². The van der Waals surface area contributed by atoms with Crippen LogP contribution in [0.3, 0.4) is 0 Å². The second kappa shape index (κ2) is 9.39. The first-order valence-electron chi connectivity index (χ1n) is 8.43. The summed E-state index contributed by atoms with van der Waals surface area (Å²) in [5.41, 5.74) is 9.91. The van der Waals surface area contributed by atoms with E-state index in [9.17, 15) is 4.79 Å². The minimum absolute atomic E-state index is 0.119. The first-order chi connectivity index (χ1) is 12.6. The van der Waals surface area contributed by atoms with Crippen LogP contribution in [0.2, 0.25) is 0 Å². The molecule has 0 spiro atoms. The maximum absolute atomic E-state index is 12.1. The molecule has 1 aromatic carbocycles. The summed E-state index contributed by atoms with van der Waals surface area (Å²) < 4.78 is 0. The van der Waals surface area contributed by atoms with E-state index < -0.39 is 5.78 Å². The first kappa shape index (κ1) is 19.2. The highest BCUT2D eigenvalue weighted by molar-refractivity contribution is 6.48. The van der Waals surface area contributed by atoms with Crippen LogP contribution in [-0.4, -0.2) is 31.6 Å². The maximum Gasteiger partial charge on any atom is 0.207 e. The van der Waals surface area contributed by atoms with Gasteiger partial charge in [-0.1, -0.05) is 18.2 Å². The average molecular weight is 351 g/mol. The second-order valence-electron chi connectivity index (χ2n) is 5.74. The lowest BCUT2D eigenvalue weighted by atomic mass is 10.1. The summed E-state index contributed by atoms with van der Waals surface area (Å²) in [5.74, 6) is -0.399. The quantitative estimate of drug-likeness (QED) is 0.364. The van der Waals surface area contributed by atoms with Gasteiger partial charge in [0.25, 0.3) is 0 Å². The average Bonchev–Trinajstić information content (AvgIpc) is 2.67. The Kier molecular flexibility index (Phi) is 6.93. The number of carbonyl (C=O) groups excluding carboxylic acids is 1. The Morgan fingerprint density at radius 2 is 2.23 bits per heavy atom. The van der Waals surface area contributed by atoms with E-state index in [1.807, 2.05) is 31.2 Å². The molecule has 0 aromatic heterocycles. The minimum Gasteiger partial charge on any atom is -0.387 e. The van der Waals surface area contributed by atoms with Gasteiger partial charge in [0.2, 0.25) is 5.78 Å². The number of nitrogens with two attached hydrogens (primary N) is 1. The summed E-state index contributed by atoms with van der Waals surface area (Å²) in [4.78, 5) is 12.1. The third kappa shape index (κ3) is 4.94. The molecule has 1 heterocycles. The lowest BCUT2D eigenvalue weighted by Gasteiger charge is -2.14. The zero-order chi connectivity index (χ0) is 18.9. The van der Waals surface area contributed by atoms with Crippen LogP contribution in [0.25, 0.3) is 5.70 Å². The van der Waals surface area contributed by atoms with Crippen molar-refractivity contribution in [2.45, 2.75) is 6.92 Å². The SMILES string of the molecule is CN/C(=C\CN)C(=N)C(=O)/C=C\Nc1ccc(C2=CC=CCN2)cc1C. The van der Waals surface area contributed by atoms with Gasteiger partial charge < -0.3 is 21.7 Å². The third-order valence-corrected chi connectivity index (χ3v) is 3.93. The van der Waals surface area contributed by atoms with Gasteiger partial charge in [-0.15, -0.1) is 0 Å². The Morgan fingerprint density at radius 1 is 1.42 bits per heavy atom. The van der Waals surface area contributed by atoms with Crippen LogP contribution >= 0.6 is 0 Å². The van der Waals surface area contributed by atoms with Gasteiger partial charge in [-0.05, 0) is 42.3 Å². The Bertz CT molecular complexity index is 802. The van der Waals surface area contributed by atoms with E-state index in [0.717, 1.165) is 29.1 Å². The molecular weight excluding hydrogens is 326 g/mol. The summed E-state index contributed by atoms with van der Waals surface area (Å²) >= 11 is 0. The lowest BCUT2D eigenvalue weighted by molar-refractivity contribution is -0.108. The molecule has 0 saturated carbocycles. The monoisotopic (exact) mass is 351 g/mol. The van der Waals surface area contributed by atoms with Crippen molar-refractivity contribution in [1.82, 2.24) is 10.6 Å². The molecule has 0 bridgehead atoms. The summed E-state index contributed by atoms with van der Waals surface area (Å²) in [6.45, 7) is 3.10. The smallest absolute Gasteiger partial charge is 0.207 e. The number of aryl methyl sites for hydroxylation is 1. The Labute approximate surface area is 154 Å². The molecule has 26 heavy (non-hydrogen) atoms. The molecule has 1 aromatic rings. The number of anilines is 1. The number of rotatable bonds is 8. The first-order valence-corrected chi connectivity index (χ1v) is 8.43. The molecule has 6 heteroatoms. The fourth-order valence-corrected chi connectivity index (χ4v) is 2.52. The van der Waals surface area contributed by atoms with Gasteiger partial charge in [-0.3, -0.25) is 10.2 Å². The number of benzene rings is 1. The van der Waals surface area contributed by atoms with Crippen molar-refractivity contribution in [1.29, 1.82) is 5.41 Å². The van der Waals surface area contributed by atoms with Crippen molar-refractivity contribution in [3.63, 3.8) is 0 Å². The Balaban J connectivity index is 2.03. The van der Waals surface area contributed by atoms with Gasteiger partial charge in [-0.2, -0.15) is 0 Å². The molecule has 1 aliphatic rings. The molecule has 136 valence electrons. The van der Waals surface area contributed by atoms with Gasteiger partial charge in [-0.25, -0.2) is 0 Å². The zero-order valence-electron chi connectivity index (χ0n) is 15.1. The molecule has 0 saturated heterocycles. The van der Waals surface area contributed by atoms with Crippen molar-refractivity contribution in [2.24, 2.45) is 5.73 Å². The Morgan fingerprint density at radius 3 is 2.85 bits per heavy atom. The van der Waals surface area contributed by atoms with E-state index in [2.05, 4.69) is 28.1 Å². The van der Waals surface area contributed by atoms with E-state index in [-0.39, 0.29) is 12.3 Å². The molecule has 0 aliphatic carbocycles. The van der Waals surface area contributed by atoms with E-state index >= 15 is 0 Å². The highest BCUT2D eigenvalue weighted by Gasteiger charge is 2.10. The van der Waals surface area contributed by atoms with E-state index in [1.54, 1.807) is 19.3 Å². The van der Waals surface area contributed by atoms with E-state index in [4.69, 9.17) is 11.1 Å². The topological polar surface area (TPSA) is 103 Å². The van der Waals surface area contributed by atoms with Crippen LogP contribution in [-0.2, 0) is 4.79 Å². The largest absolute Gasteiger partial charge is 0.387 e. The van der Waals surface area contributed by atoms with Crippen molar-refractivity contribution < 1.29 is 4.79 Å². The summed E-state index contributed by atoms with van der Waals surface area (Å²) in [6.07, 6.45) is 10.6. The van der Waals surface area contributed by atoms with Crippen LogP contribution in [0.4, 0.5) is 5.69 Å². The molecule has 0 amide bonds. The highest BCUT2D eigenvalue weighted by Crippen LogP contribution is 2.21. The van der Waals surface area contributed by atoms with Crippen molar-refractivity contribution in [2.75, 3.05) is 25.5 Å². The molecule has 2 rings (SSSR count). The minimum atomic E-state index is -0.399. The molecule has 6 nitrogen and oxygen atoms in total. The molecule has 6 N–H and O–H groups in total. The maximum atomic E-state index is 12.1. The van der Waals surface area contributed by atoms with Crippen LogP contribution in [0, 0.1) is 12.3 Å². The normalized spacial score (nSPS) is 14.0. The fraction of sp³-hybridized carbons (Fsp3) is 0.200. The molecular formula is C20H25N5O. The van der Waals surface area contributed by atoms with Crippen molar-refractivity contribution >= 4 is 22.9 Å². The van der Waals surface area contributed by atoms with E-state index in [0.29, 0.717) is 5.70 Å². The lowest BCUT2D eigenvalue weighted by Crippen LogP contribution is -2.23. The molecule has 0 fully saturated rings.